The number of hydrogen-bond acceptors (Lipinski definition) is 3. The van der Waals surface area contributed by atoms with Gasteiger partial charge in [0.2, 0.25) is 5.91 Å². The Bertz CT molecular complexity index is 313. The van der Waals surface area contributed by atoms with Gasteiger partial charge in [0.25, 0.3) is 0 Å². The van der Waals surface area contributed by atoms with E-state index in [4.69, 9.17) is 5.11 Å². The summed E-state index contributed by atoms with van der Waals surface area (Å²) in [5, 5.41) is 12.2. The number of carbonyl (C=O) groups is 2. The molecule has 2 saturated heterocycles. The SMILES string of the molecule is O=C(O)CC1CCCN1C(=O)CC1CCCNC1. The predicted octanol–water partition coefficient (Wildman–Crippen LogP) is 0.842. The second kappa shape index (κ2) is 6.18. The number of amides is 1. The molecule has 5 heteroatoms. The third-order valence-corrected chi connectivity index (χ3v) is 3.97. The van der Waals surface area contributed by atoms with Gasteiger partial charge >= 0.3 is 5.97 Å². The number of carbonyl (C=O) groups excluding carboxylic acids is 1. The molecule has 2 unspecified atom stereocenters. The molecular formula is C13H22N2O3. The zero-order valence-electron chi connectivity index (χ0n) is 10.7. The van der Waals surface area contributed by atoms with E-state index in [9.17, 15) is 9.59 Å². The van der Waals surface area contributed by atoms with Gasteiger partial charge in [-0.25, -0.2) is 0 Å². The number of carboxylic acids is 1. The van der Waals surface area contributed by atoms with Gasteiger partial charge in [-0.1, -0.05) is 0 Å². The summed E-state index contributed by atoms with van der Waals surface area (Å²) in [5.74, 6) is -0.233. The number of nitrogens with zero attached hydrogens (tertiary/aromatic N) is 1. The van der Waals surface area contributed by atoms with E-state index in [2.05, 4.69) is 5.32 Å². The first-order chi connectivity index (χ1) is 8.66. The Morgan fingerprint density at radius 1 is 1.22 bits per heavy atom. The highest BCUT2D eigenvalue weighted by Crippen LogP contribution is 2.23. The molecule has 0 aromatic carbocycles. The molecule has 5 nitrogen and oxygen atoms in total. The molecule has 0 radical (unpaired) electrons. The van der Waals surface area contributed by atoms with Crippen LogP contribution in [-0.4, -0.2) is 47.6 Å². The lowest BCUT2D eigenvalue weighted by atomic mass is 9.95. The van der Waals surface area contributed by atoms with Crippen molar-refractivity contribution in [3.8, 4) is 0 Å². The van der Waals surface area contributed by atoms with Crippen LogP contribution in [0.3, 0.4) is 0 Å². The van der Waals surface area contributed by atoms with Crippen molar-refractivity contribution in [3.63, 3.8) is 0 Å². The highest BCUT2D eigenvalue weighted by Gasteiger charge is 2.31. The van der Waals surface area contributed by atoms with Crippen LogP contribution in [-0.2, 0) is 9.59 Å². The summed E-state index contributed by atoms with van der Waals surface area (Å²) in [6.07, 6.45) is 4.68. The maximum absolute atomic E-state index is 12.2. The molecule has 2 rings (SSSR count). The number of carboxylic acid groups (broad SMARTS) is 1. The van der Waals surface area contributed by atoms with Crippen LogP contribution >= 0.6 is 0 Å². The van der Waals surface area contributed by atoms with Crippen LogP contribution in [0.4, 0.5) is 0 Å². The molecule has 0 aromatic rings. The molecule has 2 heterocycles. The predicted molar refractivity (Wildman–Crippen MR) is 67.2 cm³/mol. The van der Waals surface area contributed by atoms with Crippen molar-refractivity contribution in [1.82, 2.24) is 10.2 Å². The molecule has 2 N–H and O–H groups in total. The molecule has 18 heavy (non-hydrogen) atoms. The Balaban J connectivity index is 1.84. The van der Waals surface area contributed by atoms with Gasteiger partial charge in [-0.3, -0.25) is 9.59 Å². The van der Waals surface area contributed by atoms with E-state index < -0.39 is 5.97 Å². The zero-order chi connectivity index (χ0) is 13.0. The van der Waals surface area contributed by atoms with E-state index in [1.165, 1.54) is 0 Å². The molecule has 2 fully saturated rings. The van der Waals surface area contributed by atoms with E-state index in [0.29, 0.717) is 12.3 Å². The van der Waals surface area contributed by atoms with Crippen molar-refractivity contribution >= 4 is 11.9 Å². The minimum atomic E-state index is -0.806. The van der Waals surface area contributed by atoms with Crippen molar-refractivity contribution in [3.05, 3.63) is 0 Å². The summed E-state index contributed by atoms with van der Waals surface area (Å²) in [6.45, 7) is 2.70. The average Bonchev–Trinajstić information content (AvgIpc) is 2.77. The lowest BCUT2D eigenvalue weighted by Gasteiger charge is -2.28. The fraction of sp³-hybridized carbons (Fsp3) is 0.846. The minimum Gasteiger partial charge on any atom is -0.481 e. The molecule has 2 aliphatic rings. The van der Waals surface area contributed by atoms with Crippen molar-refractivity contribution < 1.29 is 14.7 Å². The highest BCUT2D eigenvalue weighted by molar-refractivity contribution is 5.78. The molecule has 1 amide bonds. The van der Waals surface area contributed by atoms with Crippen molar-refractivity contribution in [1.29, 1.82) is 0 Å². The van der Waals surface area contributed by atoms with E-state index in [1.54, 1.807) is 4.90 Å². The van der Waals surface area contributed by atoms with Gasteiger partial charge in [0.1, 0.15) is 0 Å². The first-order valence-corrected chi connectivity index (χ1v) is 6.89. The number of hydrogen-bond donors (Lipinski definition) is 2. The van der Waals surface area contributed by atoms with Gasteiger partial charge in [0.05, 0.1) is 6.42 Å². The molecule has 2 atom stereocenters. The zero-order valence-corrected chi connectivity index (χ0v) is 10.7. The molecular weight excluding hydrogens is 232 g/mol. The summed E-state index contributed by atoms with van der Waals surface area (Å²) in [6, 6.07) is -0.0773. The Morgan fingerprint density at radius 2 is 2.06 bits per heavy atom. The minimum absolute atomic E-state index is 0.0773. The second-order valence-corrected chi connectivity index (χ2v) is 5.40. The number of nitrogens with one attached hydrogen (secondary N) is 1. The van der Waals surface area contributed by atoms with E-state index in [0.717, 1.165) is 45.3 Å². The van der Waals surface area contributed by atoms with Crippen LogP contribution in [0.25, 0.3) is 0 Å². The van der Waals surface area contributed by atoms with Crippen LogP contribution in [0.1, 0.15) is 38.5 Å². The van der Waals surface area contributed by atoms with E-state index in [1.807, 2.05) is 0 Å². The topological polar surface area (TPSA) is 69.6 Å². The normalized spacial score (nSPS) is 28.3. The summed E-state index contributed by atoms with van der Waals surface area (Å²) in [4.78, 5) is 24.8. The fourth-order valence-corrected chi connectivity index (χ4v) is 3.04. The highest BCUT2D eigenvalue weighted by atomic mass is 16.4. The number of rotatable bonds is 4. The quantitative estimate of drug-likeness (QED) is 0.780. The van der Waals surface area contributed by atoms with Crippen LogP contribution in [0.2, 0.25) is 0 Å². The summed E-state index contributed by atoms with van der Waals surface area (Å²) in [7, 11) is 0. The largest absolute Gasteiger partial charge is 0.481 e. The van der Waals surface area contributed by atoms with E-state index >= 15 is 0 Å². The average molecular weight is 254 g/mol. The molecule has 0 saturated carbocycles. The monoisotopic (exact) mass is 254 g/mol. The Morgan fingerprint density at radius 3 is 2.72 bits per heavy atom. The van der Waals surface area contributed by atoms with Crippen molar-refractivity contribution in [2.45, 2.75) is 44.6 Å². The molecule has 0 bridgehead atoms. The van der Waals surface area contributed by atoms with Gasteiger partial charge in [0, 0.05) is 19.0 Å². The Hall–Kier alpha value is -1.10. The molecule has 0 aliphatic carbocycles. The standard InChI is InChI=1S/C13H22N2O3/c16-12(7-10-3-1-5-14-9-10)15-6-2-4-11(15)8-13(17)18/h10-11,14H,1-9H2,(H,17,18). The molecule has 2 aliphatic heterocycles. The summed E-state index contributed by atoms with van der Waals surface area (Å²) >= 11 is 0. The lowest BCUT2D eigenvalue weighted by molar-refractivity contribution is -0.140. The third kappa shape index (κ3) is 3.45. The number of piperidine rings is 1. The molecule has 0 aromatic heterocycles. The van der Waals surface area contributed by atoms with E-state index in [-0.39, 0.29) is 18.4 Å². The summed E-state index contributed by atoms with van der Waals surface area (Å²) in [5.41, 5.74) is 0. The van der Waals surface area contributed by atoms with Gasteiger partial charge in [-0.2, -0.15) is 0 Å². The Kier molecular flexibility index (Phi) is 4.58. The fourth-order valence-electron chi connectivity index (χ4n) is 3.04. The van der Waals surface area contributed by atoms with Gasteiger partial charge in [-0.15, -0.1) is 0 Å². The third-order valence-electron chi connectivity index (χ3n) is 3.97. The lowest BCUT2D eigenvalue weighted by Crippen LogP contribution is -2.40. The van der Waals surface area contributed by atoms with Crippen LogP contribution in [0.15, 0.2) is 0 Å². The van der Waals surface area contributed by atoms with Crippen LogP contribution < -0.4 is 5.32 Å². The Labute approximate surface area is 108 Å². The first-order valence-electron chi connectivity index (χ1n) is 6.89. The van der Waals surface area contributed by atoms with Crippen LogP contribution in [0, 0.1) is 5.92 Å². The maximum Gasteiger partial charge on any atom is 0.305 e. The number of likely N-dealkylation sites (tertiary alicyclic amines) is 1. The van der Waals surface area contributed by atoms with Gasteiger partial charge < -0.3 is 15.3 Å². The van der Waals surface area contributed by atoms with Crippen LogP contribution in [0.5, 0.6) is 0 Å². The number of aliphatic carboxylic acids is 1. The van der Waals surface area contributed by atoms with Gasteiger partial charge in [0.15, 0.2) is 0 Å². The summed E-state index contributed by atoms with van der Waals surface area (Å²) < 4.78 is 0. The van der Waals surface area contributed by atoms with Crippen molar-refractivity contribution in [2.75, 3.05) is 19.6 Å². The second-order valence-electron chi connectivity index (χ2n) is 5.40. The molecule has 102 valence electrons. The maximum atomic E-state index is 12.2. The molecule has 0 spiro atoms. The van der Waals surface area contributed by atoms with Crippen molar-refractivity contribution in [2.24, 2.45) is 5.92 Å². The first kappa shape index (κ1) is 13.3. The van der Waals surface area contributed by atoms with Gasteiger partial charge in [-0.05, 0) is 44.7 Å². The smallest absolute Gasteiger partial charge is 0.305 e.